The molecule has 101 heavy (non-hydrogen) atoms. The summed E-state index contributed by atoms with van der Waals surface area (Å²) in [6, 6.07) is 90.0. The number of benzene rings is 12. The molecular weight excluding hydrogens is 1240 g/mol. The van der Waals surface area contributed by atoms with Gasteiger partial charge in [-0.15, -0.1) is 11.3 Å². The van der Waals surface area contributed by atoms with Gasteiger partial charge >= 0.3 is 0 Å². The zero-order valence-electron chi connectivity index (χ0n) is 61.0. The molecule has 0 unspecified atom stereocenters. The maximum absolute atomic E-state index is 7.05. The number of thiophene rings is 1. The van der Waals surface area contributed by atoms with Crippen LogP contribution in [0, 0.1) is 13.8 Å². The van der Waals surface area contributed by atoms with Crippen molar-refractivity contribution in [2.75, 3.05) is 14.7 Å². The molecule has 6 heteroatoms. The van der Waals surface area contributed by atoms with E-state index in [0.717, 1.165) is 57.5 Å². The first kappa shape index (κ1) is 63.3. The van der Waals surface area contributed by atoms with Crippen LogP contribution in [-0.4, -0.2) is 6.71 Å². The highest BCUT2D eigenvalue weighted by atomic mass is 32.1. The van der Waals surface area contributed by atoms with Gasteiger partial charge in [0, 0.05) is 70.9 Å². The van der Waals surface area contributed by atoms with Crippen molar-refractivity contribution in [1.82, 2.24) is 0 Å². The highest BCUT2D eigenvalue weighted by Gasteiger charge is 2.49. The van der Waals surface area contributed by atoms with E-state index in [-0.39, 0.29) is 33.8 Å². The fourth-order valence-corrected chi connectivity index (χ4v) is 19.1. The Labute approximate surface area is 601 Å². The van der Waals surface area contributed by atoms with E-state index in [2.05, 4.69) is 342 Å². The Bertz CT molecular complexity index is 5700. The van der Waals surface area contributed by atoms with E-state index in [0.29, 0.717) is 0 Å². The number of furan rings is 1. The third-order valence-corrected chi connectivity index (χ3v) is 24.4. The molecule has 2 aliphatic carbocycles. The lowest BCUT2D eigenvalue weighted by Crippen LogP contribution is -2.60. The summed E-state index contributed by atoms with van der Waals surface area (Å²) in [5, 5.41) is 6.00. The lowest BCUT2D eigenvalue weighted by molar-refractivity contribution is 0.550. The van der Waals surface area contributed by atoms with Crippen LogP contribution in [-0.2, 0) is 27.1 Å². The van der Waals surface area contributed by atoms with Crippen molar-refractivity contribution in [2.45, 2.75) is 150 Å². The molecule has 0 radical (unpaired) electrons. The van der Waals surface area contributed by atoms with E-state index >= 15 is 0 Å². The topological polar surface area (TPSA) is 22.9 Å². The molecule has 0 amide bonds. The second-order valence-corrected chi connectivity index (χ2v) is 34.9. The minimum absolute atomic E-state index is 0.0211. The maximum Gasteiger partial charge on any atom is 0.264 e. The number of hydrogen-bond donors (Lipinski definition) is 0. The largest absolute Gasteiger partial charge is 0.454 e. The molecule has 2 aromatic heterocycles. The predicted molar refractivity (Wildman–Crippen MR) is 435 cm³/mol. The Kier molecular flexibility index (Phi) is 14.1. The van der Waals surface area contributed by atoms with Crippen LogP contribution in [0.4, 0.5) is 51.2 Å². The van der Waals surface area contributed by atoms with Gasteiger partial charge in [-0.2, -0.15) is 0 Å². The Morgan fingerprint density at radius 1 is 0.436 bits per heavy atom. The molecule has 4 heterocycles. The first-order chi connectivity index (χ1) is 48.4. The van der Waals surface area contributed by atoms with Crippen molar-refractivity contribution in [2.24, 2.45) is 0 Å². The molecule has 0 bridgehead atoms. The van der Waals surface area contributed by atoms with Crippen LogP contribution in [0.15, 0.2) is 235 Å². The highest BCUT2D eigenvalue weighted by Crippen LogP contribution is 2.59. The van der Waals surface area contributed by atoms with Gasteiger partial charge in [-0.1, -0.05) is 242 Å². The molecule has 4 nitrogen and oxygen atoms in total. The second-order valence-electron chi connectivity index (χ2n) is 33.8. The van der Waals surface area contributed by atoms with Crippen LogP contribution < -0.4 is 30.4 Å². The summed E-state index contributed by atoms with van der Waals surface area (Å²) in [5.41, 5.74) is 32.9. The Hall–Kier alpha value is -9.88. The second kappa shape index (κ2) is 22.6. The van der Waals surface area contributed by atoms with Crippen LogP contribution in [0.5, 0.6) is 0 Å². The van der Waals surface area contributed by atoms with E-state index in [9.17, 15) is 0 Å². The van der Waals surface area contributed by atoms with Gasteiger partial charge in [0.2, 0.25) is 0 Å². The molecule has 0 saturated heterocycles. The van der Waals surface area contributed by atoms with Gasteiger partial charge in [0.15, 0.2) is 5.58 Å². The Balaban J connectivity index is 0.946. The molecular formula is C95H88BN3OS. The van der Waals surface area contributed by atoms with E-state index in [1.807, 2.05) is 11.3 Å². The lowest BCUT2D eigenvalue weighted by atomic mass is 9.36. The van der Waals surface area contributed by atoms with Crippen LogP contribution in [0.3, 0.4) is 0 Å². The number of nitrogens with zero attached hydrogens (tertiary/aromatic N) is 3. The zero-order chi connectivity index (χ0) is 69.6. The van der Waals surface area contributed by atoms with E-state index in [1.54, 1.807) is 0 Å². The molecule has 0 atom stereocenters. The average Bonchev–Trinajstić information content (AvgIpc) is 1.67. The average molecular weight is 1330 g/mol. The minimum Gasteiger partial charge on any atom is -0.454 e. The normalized spacial score (nSPS) is 14.7. The number of rotatable bonds is 7. The monoisotopic (exact) mass is 1330 g/mol. The molecule has 2 aliphatic heterocycles. The zero-order valence-corrected chi connectivity index (χ0v) is 61.8. The summed E-state index contributed by atoms with van der Waals surface area (Å²) >= 11 is 1.99. The molecule has 4 aliphatic rings. The summed E-state index contributed by atoms with van der Waals surface area (Å²) in [4.78, 5) is 7.86. The van der Waals surface area contributed by atoms with Crippen LogP contribution in [0.2, 0.25) is 0 Å². The predicted octanol–water partition coefficient (Wildman–Crippen LogP) is 25.5. The van der Waals surface area contributed by atoms with Gasteiger partial charge in [-0.25, -0.2) is 0 Å². The molecule has 1 spiro atoms. The summed E-state index contributed by atoms with van der Waals surface area (Å²) in [6.07, 6.45) is 4.72. The fraction of sp³-hybridized carbons (Fsp3) is 0.242. The van der Waals surface area contributed by atoms with Crippen molar-refractivity contribution < 1.29 is 4.42 Å². The van der Waals surface area contributed by atoms with Gasteiger partial charge in [0.1, 0.15) is 5.58 Å². The molecule has 0 N–H and O–H groups in total. The summed E-state index contributed by atoms with van der Waals surface area (Å²) in [7, 11) is 0. The number of anilines is 9. The highest BCUT2D eigenvalue weighted by molar-refractivity contribution is 7.33. The third-order valence-electron chi connectivity index (χ3n) is 23.2. The summed E-state index contributed by atoms with van der Waals surface area (Å²) in [5.74, 6) is 0. The fourth-order valence-electron chi connectivity index (χ4n) is 17.8. The van der Waals surface area contributed by atoms with Gasteiger partial charge < -0.3 is 19.1 Å². The van der Waals surface area contributed by atoms with Gasteiger partial charge in [0.05, 0.1) is 11.4 Å². The number of aryl methyl sites for hydroxylation is 2. The van der Waals surface area contributed by atoms with Crippen LogP contribution in [0.25, 0.3) is 76.2 Å². The van der Waals surface area contributed by atoms with Crippen molar-refractivity contribution in [3.05, 3.63) is 275 Å². The maximum atomic E-state index is 7.05. The van der Waals surface area contributed by atoms with Crippen molar-refractivity contribution in [1.29, 1.82) is 0 Å². The Morgan fingerprint density at radius 2 is 1.06 bits per heavy atom. The smallest absolute Gasteiger partial charge is 0.264 e. The standard InChI is InChI=1S/C95H88BN3OS/c1-57-23-21-24-58(2)86(57)63-51-82-87-83(52-63)99(69-37-32-59(33-38-69)61-48-66(93(9,10)11)54-67(49-61)94(12,13)14)88-76-50-62-47-65(92(6,7)8)34-31-60(62)53-85(76)101-90(88)96(87)79-44-42-71(56-81(79)98(82)70-41-43-73-72-25-15-17-28-77(72)95(78(73)55-70)45-19-20-46-95)97(68-39-35-64(36-40-68)91(3,4)5)80-29-22-27-75-74-26-16-18-30-84(74)100-89(75)80/h15-18,21-44,47-56H,19-20,45-46H2,1-14H3. The van der Waals surface area contributed by atoms with Gasteiger partial charge in [0.25, 0.3) is 6.71 Å². The van der Waals surface area contributed by atoms with Gasteiger partial charge in [-0.3, -0.25) is 0 Å². The number of para-hydroxylation sites is 2. The number of hydrogen-bond acceptors (Lipinski definition) is 5. The lowest BCUT2D eigenvalue weighted by Gasteiger charge is -2.44. The van der Waals surface area contributed by atoms with E-state index < -0.39 is 0 Å². The van der Waals surface area contributed by atoms with Crippen molar-refractivity contribution in [3.63, 3.8) is 0 Å². The SMILES string of the molecule is Cc1cccc(C)c1-c1cc2c3c(c1)N(c1ccc(-c4cc(C(C)(C)C)cc(C(C)(C)C)c4)cc1)c1c(sc4cc5ccc(C(C)(C)C)cc5cc14)B3c1ccc(N(c3ccc(C(C)(C)C)cc3)c3cccc4c3oc3ccccc34)cc1N2c1ccc2c(c1)C1(CCCC1)c1ccccc1-2. The minimum atomic E-state index is -0.141. The summed E-state index contributed by atoms with van der Waals surface area (Å²) < 4.78 is 9.69. The molecule has 12 aromatic carbocycles. The number of fused-ring (bicyclic) bond motifs is 15. The molecule has 498 valence electrons. The van der Waals surface area contributed by atoms with Crippen molar-refractivity contribution in [3.8, 4) is 33.4 Å². The molecule has 18 rings (SSSR count). The van der Waals surface area contributed by atoms with Crippen LogP contribution in [0.1, 0.15) is 153 Å². The first-order valence-electron chi connectivity index (χ1n) is 36.7. The summed E-state index contributed by atoms with van der Waals surface area (Å²) in [6.45, 7) is 32.4. The van der Waals surface area contributed by atoms with Gasteiger partial charge in [-0.05, 0) is 233 Å². The molecule has 1 saturated carbocycles. The van der Waals surface area contributed by atoms with Crippen molar-refractivity contribution >= 4 is 128 Å². The molecule has 1 fully saturated rings. The quantitative estimate of drug-likeness (QED) is 0.148. The Morgan fingerprint density at radius 3 is 1.77 bits per heavy atom. The molecule has 14 aromatic rings. The van der Waals surface area contributed by atoms with Crippen LogP contribution >= 0.6 is 11.3 Å². The van der Waals surface area contributed by atoms with E-state index in [4.69, 9.17) is 4.42 Å². The first-order valence-corrected chi connectivity index (χ1v) is 37.5. The third kappa shape index (κ3) is 10.0. The van der Waals surface area contributed by atoms with E-state index in [1.165, 1.54) is 156 Å².